The van der Waals surface area contributed by atoms with Crippen LogP contribution in [0, 0.1) is 5.82 Å². The molecule has 2 aromatic carbocycles. The standard InChI is InChI=1S/C20H16FNO5S/c21-14-2-4-16(5-3-14)26-11-19-22-15(12-28-19)10-27-20(23)13-1-6-17-18(9-13)25-8-7-24-17/h1-6,9,12H,7-8,10-11H2. The Kier molecular flexibility index (Phi) is 5.38. The van der Waals surface area contributed by atoms with Gasteiger partial charge in [-0.2, -0.15) is 0 Å². The number of carbonyl (C=O) groups excluding carboxylic acids is 1. The van der Waals surface area contributed by atoms with E-state index in [4.69, 9.17) is 18.9 Å². The lowest BCUT2D eigenvalue weighted by atomic mass is 10.2. The summed E-state index contributed by atoms with van der Waals surface area (Å²) in [6, 6.07) is 10.7. The minimum atomic E-state index is -0.464. The Bertz CT molecular complexity index is 973. The van der Waals surface area contributed by atoms with Crippen molar-refractivity contribution in [3.63, 3.8) is 0 Å². The van der Waals surface area contributed by atoms with Gasteiger partial charge in [0, 0.05) is 5.38 Å². The van der Waals surface area contributed by atoms with Crippen LogP contribution < -0.4 is 14.2 Å². The van der Waals surface area contributed by atoms with Crippen molar-refractivity contribution in [1.82, 2.24) is 4.98 Å². The van der Waals surface area contributed by atoms with E-state index in [-0.39, 0.29) is 19.0 Å². The van der Waals surface area contributed by atoms with Crippen LogP contribution in [0.3, 0.4) is 0 Å². The van der Waals surface area contributed by atoms with Crippen molar-refractivity contribution in [1.29, 1.82) is 0 Å². The topological polar surface area (TPSA) is 66.9 Å². The Hall–Kier alpha value is -3.13. The molecule has 6 nitrogen and oxygen atoms in total. The second kappa shape index (κ2) is 8.26. The zero-order chi connectivity index (χ0) is 19.3. The number of nitrogens with zero attached hydrogens (tertiary/aromatic N) is 1. The van der Waals surface area contributed by atoms with E-state index in [1.165, 1.54) is 23.5 Å². The minimum Gasteiger partial charge on any atom is -0.486 e. The second-order valence-corrected chi connectivity index (χ2v) is 6.85. The van der Waals surface area contributed by atoms with Gasteiger partial charge in [-0.1, -0.05) is 0 Å². The number of esters is 1. The van der Waals surface area contributed by atoms with Gasteiger partial charge >= 0.3 is 5.97 Å². The molecule has 1 aliphatic rings. The van der Waals surface area contributed by atoms with E-state index < -0.39 is 5.97 Å². The monoisotopic (exact) mass is 401 g/mol. The van der Waals surface area contributed by atoms with E-state index in [0.29, 0.717) is 41.7 Å². The molecule has 0 amide bonds. The van der Waals surface area contributed by atoms with Crippen molar-refractivity contribution in [2.45, 2.75) is 13.2 Å². The SMILES string of the molecule is O=C(OCc1csc(COc2ccc(F)cc2)n1)c1ccc2c(c1)OCCO2. The summed E-state index contributed by atoms with van der Waals surface area (Å²) in [6.07, 6.45) is 0. The lowest BCUT2D eigenvalue weighted by Gasteiger charge is -2.18. The van der Waals surface area contributed by atoms with Crippen LogP contribution in [0.2, 0.25) is 0 Å². The molecule has 4 rings (SSSR count). The minimum absolute atomic E-state index is 0.0559. The molecule has 0 unspecified atom stereocenters. The fraction of sp³-hybridized carbons (Fsp3) is 0.200. The maximum absolute atomic E-state index is 12.9. The van der Waals surface area contributed by atoms with E-state index in [1.54, 1.807) is 35.7 Å². The number of rotatable bonds is 6. The molecule has 0 radical (unpaired) electrons. The van der Waals surface area contributed by atoms with Crippen molar-refractivity contribution in [3.05, 3.63) is 69.9 Å². The highest BCUT2D eigenvalue weighted by Crippen LogP contribution is 2.31. The predicted molar refractivity (Wildman–Crippen MR) is 99.4 cm³/mol. The molecule has 8 heteroatoms. The Morgan fingerprint density at radius 2 is 1.86 bits per heavy atom. The number of hydrogen-bond acceptors (Lipinski definition) is 7. The van der Waals surface area contributed by atoms with Crippen LogP contribution in [0.15, 0.2) is 47.8 Å². The molecule has 0 aliphatic carbocycles. The van der Waals surface area contributed by atoms with Gasteiger partial charge in [0.15, 0.2) is 11.5 Å². The lowest BCUT2D eigenvalue weighted by Crippen LogP contribution is -2.16. The average Bonchev–Trinajstić information content (AvgIpc) is 3.19. The number of aromatic nitrogens is 1. The summed E-state index contributed by atoms with van der Waals surface area (Å²) in [4.78, 5) is 16.6. The highest BCUT2D eigenvalue weighted by Gasteiger charge is 2.16. The van der Waals surface area contributed by atoms with Crippen molar-refractivity contribution in [2.24, 2.45) is 0 Å². The largest absolute Gasteiger partial charge is 0.486 e. The number of fused-ring (bicyclic) bond motifs is 1. The van der Waals surface area contributed by atoms with Crippen LogP contribution in [0.5, 0.6) is 17.2 Å². The third-order valence-corrected chi connectivity index (χ3v) is 4.78. The Balaban J connectivity index is 1.30. The van der Waals surface area contributed by atoms with Crippen molar-refractivity contribution < 1.29 is 28.1 Å². The summed E-state index contributed by atoms with van der Waals surface area (Å²) >= 11 is 1.40. The Morgan fingerprint density at radius 3 is 2.68 bits per heavy atom. The molecule has 1 aliphatic heterocycles. The zero-order valence-electron chi connectivity index (χ0n) is 14.7. The van der Waals surface area contributed by atoms with Crippen LogP contribution in [-0.4, -0.2) is 24.2 Å². The summed E-state index contributed by atoms with van der Waals surface area (Å²) in [6.45, 7) is 1.26. The van der Waals surface area contributed by atoms with Crippen LogP contribution in [0.1, 0.15) is 21.1 Å². The number of benzene rings is 2. The third-order valence-electron chi connectivity index (χ3n) is 3.90. The maximum atomic E-state index is 12.9. The smallest absolute Gasteiger partial charge is 0.338 e. The first-order valence-corrected chi connectivity index (χ1v) is 9.44. The van der Waals surface area contributed by atoms with Gasteiger partial charge < -0.3 is 18.9 Å². The van der Waals surface area contributed by atoms with Gasteiger partial charge in [-0.3, -0.25) is 0 Å². The van der Waals surface area contributed by atoms with Gasteiger partial charge in [-0.25, -0.2) is 14.2 Å². The average molecular weight is 401 g/mol. The molecule has 3 aromatic rings. The van der Waals surface area contributed by atoms with E-state index in [2.05, 4.69) is 4.98 Å². The number of hydrogen-bond donors (Lipinski definition) is 0. The maximum Gasteiger partial charge on any atom is 0.338 e. The molecule has 0 saturated carbocycles. The first kappa shape index (κ1) is 18.2. The van der Waals surface area contributed by atoms with Crippen molar-refractivity contribution in [3.8, 4) is 17.2 Å². The number of thiazole rings is 1. The molecular weight excluding hydrogens is 385 g/mol. The van der Waals surface area contributed by atoms with Gasteiger partial charge in [0.2, 0.25) is 0 Å². The van der Waals surface area contributed by atoms with Gasteiger partial charge in [0.1, 0.15) is 43.0 Å². The summed E-state index contributed by atoms with van der Waals surface area (Å²) < 4.78 is 34.7. The molecule has 1 aromatic heterocycles. The van der Waals surface area contributed by atoms with Gasteiger partial charge in [0.05, 0.1) is 11.3 Å². The van der Waals surface area contributed by atoms with Gasteiger partial charge in [-0.05, 0) is 42.5 Å². The zero-order valence-corrected chi connectivity index (χ0v) is 15.5. The van der Waals surface area contributed by atoms with E-state index in [1.807, 2.05) is 0 Å². The highest BCUT2D eigenvalue weighted by molar-refractivity contribution is 7.09. The quantitative estimate of drug-likeness (QED) is 0.582. The molecular formula is C20H16FNO5S. The lowest BCUT2D eigenvalue weighted by molar-refractivity contribution is 0.0467. The first-order chi connectivity index (χ1) is 13.7. The summed E-state index contributed by atoms with van der Waals surface area (Å²) in [5.41, 5.74) is 1.02. The molecule has 0 spiro atoms. The Morgan fingerprint density at radius 1 is 1.07 bits per heavy atom. The van der Waals surface area contributed by atoms with E-state index >= 15 is 0 Å². The number of ether oxygens (including phenoxy) is 4. The van der Waals surface area contributed by atoms with Gasteiger partial charge in [-0.15, -0.1) is 11.3 Å². The van der Waals surface area contributed by atoms with Crippen molar-refractivity contribution in [2.75, 3.05) is 13.2 Å². The molecule has 144 valence electrons. The molecule has 0 saturated heterocycles. The summed E-state index contributed by atoms with van der Waals surface area (Å²) in [5, 5.41) is 2.54. The van der Waals surface area contributed by atoms with Crippen LogP contribution >= 0.6 is 11.3 Å². The highest BCUT2D eigenvalue weighted by atomic mass is 32.1. The molecule has 0 atom stereocenters. The molecule has 28 heavy (non-hydrogen) atoms. The summed E-state index contributed by atoms with van der Waals surface area (Å²) in [5.74, 6) is 0.934. The van der Waals surface area contributed by atoms with E-state index in [0.717, 1.165) is 5.01 Å². The fourth-order valence-electron chi connectivity index (χ4n) is 2.55. The predicted octanol–water partition coefficient (Wildman–Crippen LogP) is 3.99. The van der Waals surface area contributed by atoms with Crippen LogP contribution in [0.4, 0.5) is 4.39 Å². The second-order valence-electron chi connectivity index (χ2n) is 5.91. The van der Waals surface area contributed by atoms with E-state index in [9.17, 15) is 9.18 Å². The van der Waals surface area contributed by atoms with Crippen molar-refractivity contribution >= 4 is 17.3 Å². The number of halogens is 1. The van der Waals surface area contributed by atoms with Crippen LogP contribution in [-0.2, 0) is 18.0 Å². The third kappa shape index (κ3) is 4.40. The molecule has 2 heterocycles. The molecule has 0 fully saturated rings. The fourth-order valence-corrected chi connectivity index (χ4v) is 3.24. The molecule has 0 N–H and O–H groups in total. The van der Waals surface area contributed by atoms with Crippen LogP contribution in [0.25, 0.3) is 0 Å². The normalized spacial score (nSPS) is 12.5. The first-order valence-electron chi connectivity index (χ1n) is 8.56. The van der Waals surface area contributed by atoms with Gasteiger partial charge in [0.25, 0.3) is 0 Å². The Labute approximate surface area is 164 Å². The molecule has 0 bridgehead atoms. The summed E-state index contributed by atoms with van der Waals surface area (Å²) in [7, 11) is 0. The number of carbonyl (C=O) groups is 1.